The van der Waals surface area contributed by atoms with Gasteiger partial charge in [0.15, 0.2) is 0 Å². The van der Waals surface area contributed by atoms with Gasteiger partial charge >= 0.3 is 7.12 Å². The molecule has 0 aliphatic heterocycles. The molecular weight excluding hydrogens is 303 g/mol. The topological polar surface area (TPSA) is 113 Å². The highest BCUT2D eigenvalue weighted by Gasteiger charge is 2.14. The summed E-state index contributed by atoms with van der Waals surface area (Å²) in [6.07, 6.45) is 1.52. The average Bonchev–Trinajstić information content (AvgIpc) is 2.85. The summed E-state index contributed by atoms with van der Waals surface area (Å²) in [7, 11) is -1.55. The molecule has 1 aromatic carbocycles. The second-order valence-electron chi connectivity index (χ2n) is 4.79. The zero-order valence-corrected chi connectivity index (χ0v) is 13.0. The summed E-state index contributed by atoms with van der Waals surface area (Å²) in [5, 5.41) is 24.9. The summed E-state index contributed by atoms with van der Waals surface area (Å²) in [5.74, 6) is 1.03. The van der Waals surface area contributed by atoms with E-state index in [2.05, 4.69) is 15.5 Å². The Bertz CT molecular complexity index is 660. The van der Waals surface area contributed by atoms with Crippen molar-refractivity contribution in [3.05, 3.63) is 29.1 Å². The first-order valence-corrected chi connectivity index (χ1v) is 7.50. The van der Waals surface area contributed by atoms with Gasteiger partial charge in [0.25, 0.3) is 0 Å². The van der Waals surface area contributed by atoms with Crippen molar-refractivity contribution in [2.75, 3.05) is 11.2 Å². The Balaban J connectivity index is 2.19. The Morgan fingerprint density at radius 1 is 1.45 bits per heavy atom. The fraction of sp³-hybridized carbons (Fsp3) is 0.231. The Kier molecular flexibility index (Phi) is 5.37. The normalized spacial score (nSPS) is 11.1. The molecule has 0 saturated carbocycles. The van der Waals surface area contributed by atoms with E-state index in [0.717, 1.165) is 0 Å². The third-order valence-corrected chi connectivity index (χ3v) is 3.35. The van der Waals surface area contributed by atoms with E-state index in [1.165, 1.54) is 17.6 Å². The maximum absolute atomic E-state index is 9.26. The Morgan fingerprint density at radius 2 is 2.23 bits per heavy atom. The highest BCUT2D eigenvalue weighted by Crippen LogP contribution is 2.18. The number of benzene rings is 1. The van der Waals surface area contributed by atoms with Crippen LogP contribution >= 0.6 is 11.3 Å². The molecule has 1 heterocycles. The van der Waals surface area contributed by atoms with Gasteiger partial charge in [-0.3, -0.25) is 5.43 Å². The zero-order valence-electron chi connectivity index (χ0n) is 12.2. The number of nitrogens with zero attached hydrogens (tertiary/aromatic N) is 2. The van der Waals surface area contributed by atoms with Gasteiger partial charge in [-0.15, -0.1) is 11.3 Å². The molecule has 22 heavy (non-hydrogen) atoms. The summed E-state index contributed by atoms with van der Waals surface area (Å²) < 4.78 is 5.67. The molecule has 0 aliphatic rings. The SMILES string of the molecule is CC(C)Oc1ccc(B(O)O)cc1C=NNc1nc(N)cs1. The van der Waals surface area contributed by atoms with Crippen molar-refractivity contribution in [2.45, 2.75) is 20.0 Å². The second-order valence-corrected chi connectivity index (χ2v) is 5.64. The third-order valence-electron chi connectivity index (χ3n) is 2.58. The van der Waals surface area contributed by atoms with Gasteiger partial charge in [0.1, 0.15) is 11.6 Å². The van der Waals surface area contributed by atoms with Crippen molar-refractivity contribution in [3.63, 3.8) is 0 Å². The third kappa shape index (κ3) is 4.45. The van der Waals surface area contributed by atoms with E-state index in [4.69, 9.17) is 10.5 Å². The monoisotopic (exact) mass is 320 g/mol. The lowest BCUT2D eigenvalue weighted by atomic mass is 9.79. The van der Waals surface area contributed by atoms with Crippen LogP contribution in [0.25, 0.3) is 0 Å². The molecule has 0 aliphatic carbocycles. The van der Waals surface area contributed by atoms with Crippen LogP contribution in [-0.4, -0.2) is 34.5 Å². The molecule has 5 N–H and O–H groups in total. The molecule has 0 bridgehead atoms. The first kappa shape index (κ1) is 16.3. The fourth-order valence-electron chi connectivity index (χ4n) is 1.68. The van der Waals surface area contributed by atoms with E-state index >= 15 is 0 Å². The molecule has 7 nitrogen and oxygen atoms in total. The smallest absolute Gasteiger partial charge is 0.488 e. The first-order chi connectivity index (χ1) is 10.5. The van der Waals surface area contributed by atoms with Crippen LogP contribution in [0.15, 0.2) is 28.7 Å². The molecule has 0 atom stereocenters. The minimum atomic E-state index is -1.55. The summed E-state index contributed by atoms with van der Waals surface area (Å²) in [4.78, 5) is 4.02. The molecule has 2 rings (SSSR count). The van der Waals surface area contributed by atoms with Gasteiger partial charge in [-0.25, -0.2) is 4.98 Å². The molecule has 0 spiro atoms. The number of hydrogen-bond acceptors (Lipinski definition) is 8. The molecule has 0 fully saturated rings. The number of hydrazone groups is 1. The van der Waals surface area contributed by atoms with E-state index in [1.54, 1.807) is 23.6 Å². The molecule has 0 unspecified atom stereocenters. The minimum absolute atomic E-state index is 0.0104. The van der Waals surface area contributed by atoms with E-state index in [1.807, 2.05) is 13.8 Å². The maximum Gasteiger partial charge on any atom is 0.488 e. The van der Waals surface area contributed by atoms with E-state index in [9.17, 15) is 10.0 Å². The molecule has 0 radical (unpaired) electrons. The first-order valence-electron chi connectivity index (χ1n) is 6.62. The summed E-state index contributed by atoms with van der Waals surface area (Å²) in [6.45, 7) is 3.82. The number of aromatic nitrogens is 1. The van der Waals surface area contributed by atoms with Gasteiger partial charge in [-0.1, -0.05) is 6.07 Å². The van der Waals surface area contributed by atoms with Crippen molar-refractivity contribution in [3.8, 4) is 5.75 Å². The number of nitrogens with one attached hydrogen (secondary N) is 1. The highest BCUT2D eigenvalue weighted by atomic mass is 32.1. The van der Waals surface area contributed by atoms with Crippen molar-refractivity contribution >= 4 is 41.1 Å². The molecule has 0 amide bonds. The van der Waals surface area contributed by atoms with Gasteiger partial charge in [-0.2, -0.15) is 5.10 Å². The van der Waals surface area contributed by atoms with Gasteiger partial charge in [0, 0.05) is 10.9 Å². The van der Waals surface area contributed by atoms with Crippen molar-refractivity contribution in [1.29, 1.82) is 0 Å². The number of thiazole rings is 1. The lowest BCUT2D eigenvalue weighted by Gasteiger charge is -2.13. The van der Waals surface area contributed by atoms with Gasteiger partial charge in [-0.05, 0) is 31.4 Å². The van der Waals surface area contributed by atoms with Crippen LogP contribution in [0.2, 0.25) is 0 Å². The number of anilines is 2. The Labute approximate surface area is 132 Å². The van der Waals surface area contributed by atoms with Gasteiger partial charge < -0.3 is 20.5 Å². The molecular formula is C13H17BN4O3S. The predicted molar refractivity (Wildman–Crippen MR) is 89.8 cm³/mol. The van der Waals surface area contributed by atoms with E-state index in [0.29, 0.717) is 27.7 Å². The Morgan fingerprint density at radius 3 is 2.82 bits per heavy atom. The highest BCUT2D eigenvalue weighted by molar-refractivity contribution is 7.14. The summed E-state index contributed by atoms with van der Waals surface area (Å²) in [6, 6.07) is 4.87. The summed E-state index contributed by atoms with van der Waals surface area (Å²) >= 11 is 1.34. The van der Waals surface area contributed by atoms with E-state index in [-0.39, 0.29) is 6.10 Å². The van der Waals surface area contributed by atoms with Gasteiger partial charge in [0.05, 0.1) is 12.3 Å². The van der Waals surface area contributed by atoms with Crippen LogP contribution in [0.4, 0.5) is 10.9 Å². The molecule has 116 valence electrons. The maximum atomic E-state index is 9.26. The fourth-order valence-corrected chi connectivity index (χ4v) is 2.23. The summed E-state index contributed by atoms with van der Waals surface area (Å²) in [5.41, 5.74) is 9.26. The number of rotatable bonds is 6. The van der Waals surface area contributed by atoms with Crippen LogP contribution in [0.3, 0.4) is 0 Å². The quantitative estimate of drug-likeness (QED) is 0.353. The number of ether oxygens (including phenoxy) is 1. The number of nitrogen functional groups attached to an aromatic ring is 1. The largest absolute Gasteiger partial charge is 0.490 e. The van der Waals surface area contributed by atoms with Gasteiger partial charge in [0.2, 0.25) is 5.13 Å². The van der Waals surface area contributed by atoms with Crippen LogP contribution < -0.4 is 21.4 Å². The minimum Gasteiger partial charge on any atom is -0.490 e. The second kappa shape index (κ2) is 7.25. The van der Waals surface area contributed by atoms with E-state index < -0.39 is 7.12 Å². The standard InChI is InChI=1S/C13H17BN4O3S/c1-8(2)21-11-4-3-10(14(19)20)5-9(11)6-16-18-13-17-12(15)7-22-13/h3-8,19-20H,15H2,1-2H3,(H,17,18). The number of nitrogens with two attached hydrogens (primary N) is 1. The zero-order chi connectivity index (χ0) is 16.1. The predicted octanol–water partition coefficient (Wildman–Crippen LogP) is 0.638. The van der Waals surface area contributed by atoms with Crippen LogP contribution in [0.1, 0.15) is 19.4 Å². The van der Waals surface area contributed by atoms with Crippen molar-refractivity contribution in [1.82, 2.24) is 4.98 Å². The lowest BCUT2D eigenvalue weighted by Crippen LogP contribution is -2.30. The van der Waals surface area contributed by atoms with Crippen LogP contribution in [0.5, 0.6) is 5.75 Å². The lowest BCUT2D eigenvalue weighted by molar-refractivity contribution is 0.242. The van der Waals surface area contributed by atoms with Crippen LogP contribution in [-0.2, 0) is 0 Å². The average molecular weight is 320 g/mol. The molecule has 9 heteroatoms. The Hall–Kier alpha value is -2.10. The molecule has 2 aromatic rings. The molecule has 0 saturated heterocycles. The van der Waals surface area contributed by atoms with Crippen molar-refractivity contribution in [2.24, 2.45) is 5.10 Å². The molecule has 1 aromatic heterocycles. The number of hydrogen-bond donors (Lipinski definition) is 4. The van der Waals surface area contributed by atoms with Crippen LogP contribution in [0, 0.1) is 0 Å². The van der Waals surface area contributed by atoms with Crippen molar-refractivity contribution < 1.29 is 14.8 Å².